The molecule has 3 aromatic carbocycles. The van der Waals surface area contributed by atoms with E-state index in [0.29, 0.717) is 27.8 Å². The predicted octanol–water partition coefficient (Wildman–Crippen LogP) is 5.61. The van der Waals surface area contributed by atoms with E-state index in [2.05, 4.69) is 5.32 Å². The molecule has 0 bridgehead atoms. The van der Waals surface area contributed by atoms with E-state index >= 15 is 0 Å². The first-order valence-corrected chi connectivity index (χ1v) is 9.60. The van der Waals surface area contributed by atoms with E-state index in [1.165, 1.54) is 37.5 Å². The smallest absolute Gasteiger partial charge is 0.266 e. The molecule has 5 nitrogen and oxygen atoms in total. The van der Waals surface area contributed by atoms with Crippen LogP contribution in [0.4, 0.5) is 10.1 Å². The molecule has 0 spiro atoms. The van der Waals surface area contributed by atoms with Gasteiger partial charge in [0.1, 0.15) is 24.1 Å². The molecular weight excluding hydrogens is 419 g/mol. The number of benzene rings is 3. The van der Waals surface area contributed by atoms with Crippen LogP contribution in [0.25, 0.3) is 6.08 Å². The summed E-state index contributed by atoms with van der Waals surface area (Å²) in [5, 5.41) is 12.6. The fourth-order valence-corrected chi connectivity index (χ4v) is 2.81. The summed E-state index contributed by atoms with van der Waals surface area (Å²) < 4.78 is 24.2. The molecule has 0 aliphatic carbocycles. The summed E-state index contributed by atoms with van der Waals surface area (Å²) in [5.74, 6) is -0.0465. The van der Waals surface area contributed by atoms with Crippen LogP contribution in [0.15, 0.2) is 72.3 Å². The van der Waals surface area contributed by atoms with Gasteiger partial charge >= 0.3 is 0 Å². The third kappa shape index (κ3) is 6.08. The average Bonchev–Trinajstić information content (AvgIpc) is 2.78. The van der Waals surface area contributed by atoms with Gasteiger partial charge in [0.05, 0.1) is 7.11 Å². The molecule has 0 unspecified atom stereocenters. The van der Waals surface area contributed by atoms with Gasteiger partial charge in [-0.1, -0.05) is 29.8 Å². The zero-order valence-electron chi connectivity index (χ0n) is 16.6. The number of hydrogen-bond donors (Lipinski definition) is 1. The maximum atomic E-state index is 13.0. The van der Waals surface area contributed by atoms with Gasteiger partial charge in [-0.15, -0.1) is 0 Å². The molecule has 0 aromatic heterocycles. The highest BCUT2D eigenvalue weighted by Gasteiger charge is 2.12. The second-order valence-corrected chi connectivity index (χ2v) is 6.89. The van der Waals surface area contributed by atoms with E-state index in [1.807, 2.05) is 18.2 Å². The van der Waals surface area contributed by atoms with Gasteiger partial charge in [-0.05, 0) is 65.7 Å². The Balaban J connectivity index is 1.78. The first-order chi connectivity index (χ1) is 15.0. The summed E-state index contributed by atoms with van der Waals surface area (Å²) >= 11 is 5.90. The third-order valence-electron chi connectivity index (χ3n) is 4.27. The van der Waals surface area contributed by atoms with Crippen molar-refractivity contribution in [3.05, 3.63) is 94.3 Å². The number of anilines is 1. The minimum atomic E-state index is -0.603. The van der Waals surface area contributed by atoms with Crippen molar-refractivity contribution in [2.24, 2.45) is 0 Å². The zero-order chi connectivity index (χ0) is 22.2. The fraction of sp³-hybridized carbons (Fsp3) is 0.0833. The van der Waals surface area contributed by atoms with Crippen molar-refractivity contribution < 1.29 is 18.7 Å². The molecule has 3 rings (SSSR count). The number of nitriles is 1. The van der Waals surface area contributed by atoms with Crippen LogP contribution < -0.4 is 14.8 Å². The molecule has 0 aliphatic rings. The Kier molecular flexibility index (Phi) is 7.26. The van der Waals surface area contributed by atoms with Crippen LogP contribution in [-0.2, 0) is 11.4 Å². The first kappa shape index (κ1) is 21.9. The first-order valence-electron chi connectivity index (χ1n) is 9.22. The van der Waals surface area contributed by atoms with Crippen LogP contribution in [0.3, 0.4) is 0 Å². The van der Waals surface area contributed by atoms with Crippen LogP contribution >= 0.6 is 11.6 Å². The van der Waals surface area contributed by atoms with Crippen molar-refractivity contribution in [1.82, 2.24) is 0 Å². The van der Waals surface area contributed by atoms with Crippen LogP contribution in [0, 0.1) is 17.1 Å². The van der Waals surface area contributed by atoms with Gasteiger partial charge in [-0.3, -0.25) is 4.79 Å². The highest BCUT2D eigenvalue weighted by molar-refractivity contribution is 6.30. The Hall–Kier alpha value is -3.82. The monoisotopic (exact) mass is 436 g/mol. The number of ether oxygens (including phenoxy) is 2. The molecule has 0 fully saturated rings. The quantitative estimate of drug-likeness (QED) is 0.386. The lowest BCUT2D eigenvalue weighted by molar-refractivity contribution is -0.112. The molecule has 156 valence electrons. The van der Waals surface area contributed by atoms with Crippen LogP contribution in [0.2, 0.25) is 5.02 Å². The second kappa shape index (κ2) is 10.3. The number of methoxy groups -OCH3 is 1. The van der Waals surface area contributed by atoms with Crippen LogP contribution in [0.1, 0.15) is 11.1 Å². The fourth-order valence-electron chi connectivity index (χ4n) is 2.68. The average molecular weight is 437 g/mol. The molecule has 1 N–H and O–H groups in total. The summed E-state index contributed by atoms with van der Waals surface area (Å²) in [6, 6.07) is 19.5. The standard InChI is InChI=1S/C24H18ClFN2O3/c1-30-22-11-4-17(13-23(22)31-15-16-2-5-19(25)6-3-16)12-18(14-27)24(29)28-21-9-7-20(26)8-10-21/h2-13H,15H2,1H3,(H,28,29)/b18-12+. The number of nitrogens with one attached hydrogen (secondary N) is 1. The highest BCUT2D eigenvalue weighted by atomic mass is 35.5. The number of rotatable bonds is 7. The van der Waals surface area contributed by atoms with Gasteiger partial charge < -0.3 is 14.8 Å². The second-order valence-electron chi connectivity index (χ2n) is 6.46. The maximum absolute atomic E-state index is 13.0. The van der Waals surface area contributed by atoms with E-state index in [1.54, 1.807) is 30.3 Å². The van der Waals surface area contributed by atoms with Crippen molar-refractivity contribution >= 4 is 29.3 Å². The molecule has 0 atom stereocenters. The number of amides is 1. The van der Waals surface area contributed by atoms with Crippen molar-refractivity contribution in [2.75, 3.05) is 12.4 Å². The lowest BCUT2D eigenvalue weighted by Crippen LogP contribution is -2.13. The summed E-state index contributed by atoms with van der Waals surface area (Å²) in [6.07, 6.45) is 1.44. The van der Waals surface area contributed by atoms with Crippen molar-refractivity contribution in [3.63, 3.8) is 0 Å². The highest BCUT2D eigenvalue weighted by Crippen LogP contribution is 2.30. The maximum Gasteiger partial charge on any atom is 0.266 e. The van der Waals surface area contributed by atoms with E-state index < -0.39 is 11.7 Å². The normalized spacial score (nSPS) is 10.8. The molecule has 31 heavy (non-hydrogen) atoms. The summed E-state index contributed by atoms with van der Waals surface area (Å²) in [5.41, 5.74) is 1.77. The zero-order valence-corrected chi connectivity index (χ0v) is 17.3. The SMILES string of the molecule is COc1ccc(/C=C(\C#N)C(=O)Nc2ccc(F)cc2)cc1OCc1ccc(Cl)cc1. The van der Waals surface area contributed by atoms with Gasteiger partial charge in [-0.25, -0.2) is 4.39 Å². The topological polar surface area (TPSA) is 71.3 Å². The van der Waals surface area contributed by atoms with Gasteiger partial charge in [0, 0.05) is 10.7 Å². The van der Waals surface area contributed by atoms with Gasteiger partial charge in [-0.2, -0.15) is 5.26 Å². The Morgan fingerprint density at radius 3 is 2.45 bits per heavy atom. The number of nitrogens with zero attached hydrogens (tertiary/aromatic N) is 1. The van der Waals surface area contributed by atoms with Crippen molar-refractivity contribution in [1.29, 1.82) is 5.26 Å². The van der Waals surface area contributed by atoms with E-state index in [9.17, 15) is 14.4 Å². The lowest BCUT2D eigenvalue weighted by Gasteiger charge is -2.12. The minimum Gasteiger partial charge on any atom is -0.493 e. The Morgan fingerprint density at radius 2 is 1.81 bits per heavy atom. The molecule has 0 heterocycles. The minimum absolute atomic E-state index is 0.113. The number of carbonyl (C=O) groups excluding carboxylic acids is 1. The molecule has 0 saturated carbocycles. The summed E-state index contributed by atoms with van der Waals surface area (Å²) in [7, 11) is 1.52. The Bertz CT molecular complexity index is 1140. The van der Waals surface area contributed by atoms with E-state index in [-0.39, 0.29) is 12.2 Å². The lowest BCUT2D eigenvalue weighted by atomic mass is 10.1. The van der Waals surface area contributed by atoms with Gasteiger partial charge in [0.15, 0.2) is 11.5 Å². The molecule has 3 aromatic rings. The van der Waals surface area contributed by atoms with E-state index in [4.69, 9.17) is 21.1 Å². The molecule has 7 heteroatoms. The Morgan fingerprint density at radius 1 is 1.10 bits per heavy atom. The van der Waals surface area contributed by atoms with E-state index in [0.717, 1.165) is 5.56 Å². The van der Waals surface area contributed by atoms with Crippen molar-refractivity contribution in [3.8, 4) is 17.6 Å². The van der Waals surface area contributed by atoms with Gasteiger partial charge in [0.25, 0.3) is 5.91 Å². The number of halogens is 2. The molecule has 0 saturated heterocycles. The summed E-state index contributed by atoms with van der Waals surface area (Å²) in [4.78, 5) is 12.4. The van der Waals surface area contributed by atoms with Crippen LogP contribution in [0.5, 0.6) is 11.5 Å². The molecule has 0 aliphatic heterocycles. The molecule has 1 amide bonds. The number of hydrogen-bond acceptors (Lipinski definition) is 4. The Labute approximate surface area is 184 Å². The largest absolute Gasteiger partial charge is 0.493 e. The van der Waals surface area contributed by atoms with Gasteiger partial charge in [0.2, 0.25) is 0 Å². The molecular formula is C24H18ClFN2O3. The van der Waals surface area contributed by atoms with Crippen LogP contribution in [-0.4, -0.2) is 13.0 Å². The number of carbonyl (C=O) groups is 1. The third-order valence-corrected chi connectivity index (χ3v) is 4.53. The predicted molar refractivity (Wildman–Crippen MR) is 117 cm³/mol. The van der Waals surface area contributed by atoms with Crippen molar-refractivity contribution in [2.45, 2.75) is 6.61 Å². The molecule has 0 radical (unpaired) electrons. The summed E-state index contributed by atoms with van der Waals surface area (Å²) in [6.45, 7) is 0.289.